The van der Waals surface area contributed by atoms with E-state index in [1.54, 1.807) is 24.0 Å². The van der Waals surface area contributed by atoms with Crippen LogP contribution in [0.25, 0.3) is 0 Å². The largest absolute Gasteiger partial charge is 0.493 e. The molecular weight excluding hydrogens is 614 g/mol. The molecule has 12 nitrogen and oxygen atoms in total. The molecule has 3 atom stereocenters. The zero-order valence-corrected chi connectivity index (χ0v) is 29.3. The number of nitrogens with zero attached hydrogens (tertiary/aromatic N) is 5. The molecule has 0 radical (unpaired) electrons. The van der Waals surface area contributed by atoms with Crippen LogP contribution in [0.2, 0.25) is 0 Å². The van der Waals surface area contributed by atoms with E-state index in [9.17, 15) is 19.5 Å². The molecule has 5 rings (SSSR count). The first-order chi connectivity index (χ1) is 22.9. The van der Waals surface area contributed by atoms with Gasteiger partial charge in [-0.1, -0.05) is 25.5 Å². The number of urea groups is 1. The summed E-state index contributed by atoms with van der Waals surface area (Å²) >= 11 is 0. The van der Waals surface area contributed by atoms with Crippen molar-refractivity contribution in [2.75, 3.05) is 86.3 Å². The Morgan fingerprint density at radius 1 is 1.12 bits per heavy atom. The highest BCUT2D eigenvalue weighted by Crippen LogP contribution is 2.47. The summed E-state index contributed by atoms with van der Waals surface area (Å²) in [7, 11) is 9.76. The number of rotatable bonds is 14. The van der Waals surface area contributed by atoms with Crippen molar-refractivity contribution in [3.05, 3.63) is 47.5 Å². The Labute approximate surface area is 284 Å². The number of hydrogen-bond acceptors (Lipinski definition) is 7. The van der Waals surface area contributed by atoms with Crippen molar-refractivity contribution in [3.8, 4) is 17.2 Å². The number of amides is 3. The minimum Gasteiger partial charge on any atom is -0.493 e. The van der Waals surface area contributed by atoms with Gasteiger partial charge in [0.05, 0.1) is 40.7 Å². The third-order valence-corrected chi connectivity index (χ3v) is 9.61. The van der Waals surface area contributed by atoms with Crippen molar-refractivity contribution in [1.82, 2.24) is 14.7 Å². The van der Waals surface area contributed by atoms with Crippen LogP contribution in [0.5, 0.6) is 17.2 Å². The van der Waals surface area contributed by atoms with E-state index in [2.05, 4.69) is 40.2 Å². The predicted molar refractivity (Wildman–Crippen MR) is 183 cm³/mol. The van der Waals surface area contributed by atoms with Gasteiger partial charge in [-0.3, -0.25) is 14.5 Å². The predicted octanol–water partition coefficient (Wildman–Crippen LogP) is 4.08. The van der Waals surface area contributed by atoms with Gasteiger partial charge in [0.2, 0.25) is 18.4 Å². The highest BCUT2D eigenvalue weighted by atomic mass is 16.7. The summed E-state index contributed by atoms with van der Waals surface area (Å²) in [6.45, 7) is 5.72. The first-order valence-electron chi connectivity index (χ1n) is 17.0. The number of methoxy groups -OCH3 is 1. The molecule has 0 saturated carbocycles. The molecule has 1 N–H and O–H groups in total. The number of unbranched alkanes of at least 4 members (excludes halogenated alkanes) is 1. The smallest absolute Gasteiger partial charge is 0.319 e. The summed E-state index contributed by atoms with van der Waals surface area (Å²) in [5.41, 5.74) is 2.75. The van der Waals surface area contributed by atoms with Crippen molar-refractivity contribution in [2.45, 2.75) is 51.1 Å². The summed E-state index contributed by atoms with van der Waals surface area (Å²) in [5, 5.41) is 10.7. The summed E-state index contributed by atoms with van der Waals surface area (Å²) in [5.74, 6) is -0.774. The molecule has 3 heterocycles. The summed E-state index contributed by atoms with van der Waals surface area (Å²) in [6.07, 6.45) is 3.06. The van der Waals surface area contributed by atoms with E-state index in [1.807, 2.05) is 34.1 Å². The number of ether oxygens (including phenoxy) is 3. The molecule has 2 fully saturated rings. The van der Waals surface area contributed by atoms with Gasteiger partial charge in [-0.25, -0.2) is 4.79 Å². The number of hydrogen-bond donors (Lipinski definition) is 1. The molecule has 2 aromatic carbocycles. The van der Waals surface area contributed by atoms with Crippen molar-refractivity contribution in [2.24, 2.45) is 5.92 Å². The fourth-order valence-corrected chi connectivity index (χ4v) is 7.32. The lowest BCUT2D eigenvalue weighted by Crippen LogP contribution is -2.50. The number of quaternary nitrogens is 1. The van der Waals surface area contributed by atoms with Gasteiger partial charge in [-0.15, -0.1) is 0 Å². The first-order valence-corrected chi connectivity index (χ1v) is 17.0. The van der Waals surface area contributed by atoms with E-state index in [0.717, 1.165) is 47.1 Å². The van der Waals surface area contributed by atoms with Crippen molar-refractivity contribution in [3.63, 3.8) is 0 Å². The lowest BCUT2D eigenvalue weighted by atomic mass is 9.84. The van der Waals surface area contributed by atoms with E-state index in [0.29, 0.717) is 56.4 Å². The van der Waals surface area contributed by atoms with Crippen LogP contribution in [0.1, 0.15) is 49.7 Å². The van der Waals surface area contributed by atoms with Gasteiger partial charge in [-0.05, 0) is 49.1 Å². The fraction of sp³-hybridized carbons (Fsp3) is 0.583. The number of aliphatic carboxylic acids is 1. The Hall–Kier alpha value is -4.03. The van der Waals surface area contributed by atoms with Gasteiger partial charge >= 0.3 is 12.0 Å². The number of carbonyl (C=O) groups is 3. The Kier molecular flexibility index (Phi) is 11.0. The maximum Gasteiger partial charge on any atom is 0.319 e. The van der Waals surface area contributed by atoms with Gasteiger partial charge in [0.15, 0.2) is 11.5 Å². The quantitative estimate of drug-likeness (QED) is 0.301. The molecule has 3 aliphatic heterocycles. The fourth-order valence-electron chi connectivity index (χ4n) is 7.32. The number of anilines is 1. The van der Waals surface area contributed by atoms with Crippen LogP contribution >= 0.6 is 0 Å². The second-order valence-corrected chi connectivity index (χ2v) is 14.3. The van der Waals surface area contributed by atoms with Gasteiger partial charge in [0, 0.05) is 63.0 Å². The molecule has 0 bridgehead atoms. The molecule has 12 heteroatoms. The number of fused-ring (bicyclic) bond motifs is 1. The molecule has 2 saturated heterocycles. The number of carbonyl (C=O) groups excluding carboxylic acids is 2. The van der Waals surface area contributed by atoms with Crippen LogP contribution < -0.4 is 19.1 Å². The highest BCUT2D eigenvalue weighted by molar-refractivity contribution is 5.95. The topological polar surface area (TPSA) is 112 Å². The van der Waals surface area contributed by atoms with Crippen molar-refractivity contribution < 1.29 is 38.2 Å². The average Bonchev–Trinajstić information content (AvgIpc) is 3.66. The minimum absolute atomic E-state index is 0.0506. The van der Waals surface area contributed by atoms with E-state index in [-0.39, 0.29) is 25.3 Å². The maximum atomic E-state index is 14.3. The number of benzene rings is 2. The minimum atomic E-state index is -0.936. The Morgan fingerprint density at radius 3 is 2.62 bits per heavy atom. The zero-order valence-electron chi connectivity index (χ0n) is 29.3. The van der Waals surface area contributed by atoms with Crippen LogP contribution in [0, 0.1) is 5.92 Å². The molecule has 0 aliphatic carbocycles. The van der Waals surface area contributed by atoms with Crippen LogP contribution in [-0.2, 0) is 16.1 Å². The Morgan fingerprint density at radius 2 is 1.92 bits per heavy atom. The van der Waals surface area contributed by atoms with Crippen LogP contribution in [0.15, 0.2) is 36.4 Å². The number of carboxylic acid groups (broad SMARTS) is 1. The van der Waals surface area contributed by atoms with E-state index < -0.39 is 23.8 Å². The van der Waals surface area contributed by atoms with E-state index in [1.165, 1.54) is 0 Å². The summed E-state index contributed by atoms with van der Waals surface area (Å²) < 4.78 is 17.7. The summed E-state index contributed by atoms with van der Waals surface area (Å²) in [6, 6.07) is 11.3. The lowest BCUT2D eigenvalue weighted by molar-refractivity contribution is -0.884. The standard InChI is InChI=1S/C36H51N5O7/c1-7-8-16-40(27-12-9-11-25(18-27)23-41(3,4)5)32(42)22-39-21-28(26-19-30(46-6)34-31(20-26)47-24-48-34)33(35(43)44)29(39)13-17-38-15-10-14-37(2)36(38)45/h9,11-12,18-20,28-29,33H,7-8,10,13-17,21-24H2,1-6H3/p+1/t28-,29+,33-/m1/s1. The molecule has 3 aliphatic rings. The molecule has 2 aromatic rings. The second-order valence-electron chi connectivity index (χ2n) is 14.3. The van der Waals surface area contributed by atoms with Crippen LogP contribution in [0.3, 0.4) is 0 Å². The zero-order chi connectivity index (χ0) is 34.6. The first kappa shape index (κ1) is 35.3. The third-order valence-electron chi connectivity index (χ3n) is 9.61. The van der Waals surface area contributed by atoms with Gasteiger partial charge < -0.3 is 38.5 Å². The van der Waals surface area contributed by atoms with Gasteiger partial charge in [0.25, 0.3) is 0 Å². The maximum absolute atomic E-state index is 14.3. The number of carboxylic acids is 1. The average molecular weight is 667 g/mol. The molecule has 0 spiro atoms. The molecule has 3 amide bonds. The molecule has 262 valence electrons. The highest BCUT2D eigenvalue weighted by Gasteiger charge is 2.48. The third kappa shape index (κ3) is 7.98. The molecular formula is C36H52N5O7+. The van der Waals surface area contributed by atoms with Crippen molar-refractivity contribution in [1.29, 1.82) is 0 Å². The molecule has 0 unspecified atom stereocenters. The van der Waals surface area contributed by atoms with E-state index in [4.69, 9.17) is 14.2 Å². The van der Waals surface area contributed by atoms with Gasteiger partial charge in [-0.2, -0.15) is 0 Å². The summed E-state index contributed by atoms with van der Waals surface area (Å²) in [4.78, 5) is 47.8. The Balaban J connectivity index is 1.46. The molecule has 0 aromatic heterocycles. The molecule has 48 heavy (non-hydrogen) atoms. The van der Waals surface area contributed by atoms with Gasteiger partial charge in [0.1, 0.15) is 6.54 Å². The van der Waals surface area contributed by atoms with Crippen molar-refractivity contribution >= 4 is 23.6 Å². The van der Waals surface area contributed by atoms with Crippen LogP contribution in [-0.4, -0.2) is 130 Å². The Bertz CT molecular complexity index is 1480. The SMILES string of the molecule is CCCCN(C(=O)CN1C[C@H](c2cc(OC)c3c(c2)OCO3)[C@@H](C(=O)O)[C@@H]1CCN1CCCN(C)C1=O)c1cccc(C[N+](C)(C)C)c1. The lowest BCUT2D eigenvalue weighted by Gasteiger charge is -2.35. The van der Waals surface area contributed by atoms with Crippen LogP contribution in [0.4, 0.5) is 10.5 Å². The second kappa shape index (κ2) is 15.0. The normalized spacial score (nSPS) is 21.1. The van der Waals surface area contributed by atoms with E-state index >= 15 is 0 Å². The monoisotopic (exact) mass is 666 g/mol. The number of likely N-dealkylation sites (tertiary alicyclic amines) is 1.